The van der Waals surface area contributed by atoms with Crippen LogP contribution in [0.25, 0.3) is 11.4 Å². The highest BCUT2D eigenvalue weighted by atomic mass is 32.2. The second-order valence-corrected chi connectivity index (χ2v) is 7.56. The van der Waals surface area contributed by atoms with E-state index in [1.165, 1.54) is 28.6 Å². The molecule has 3 rings (SSSR count). The Morgan fingerprint density at radius 2 is 2.00 bits per heavy atom. The molecule has 0 saturated heterocycles. The van der Waals surface area contributed by atoms with Crippen LogP contribution in [-0.4, -0.2) is 26.0 Å². The SMILES string of the molecule is Cc1ccc(C)c(NC(=O)[C@@H](C)Sc2nnc(-c3cccc(F)c3)n2N)c1. The summed E-state index contributed by atoms with van der Waals surface area (Å²) in [7, 11) is 0. The topological polar surface area (TPSA) is 85.8 Å². The van der Waals surface area contributed by atoms with Crippen LogP contribution in [0.1, 0.15) is 18.1 Å². The van der Waals surface area contributed by atoms with Gasteiger partial charge in [0, 0.05) is 11.3 Å². The summed E-state index contributed by atoms with van der Waals surface area (Å²) in [4.78, 5) is 12.5. The molecule has 27 heavy (non-hydrogen) atoms. The first-order valence-electron chi connectivity index (χ1n) is 8.36. The van der Waals surface area contributed by atoms with Crippen molar-refractivity contribution in [3.8, 4) is 11.4 Å². The predicted molar refractivity (Wildman–Crippen MR) is 105 cm³/mol. The number of aryl methyl sites for hydroxylation is 2. The first kappa shape index (κ1) is 18.9. The van der Waals surface area contributed by atoms with Gasteiger partial charge in [-0.15, -0.1) is 10.2 Å². The fourth-order valence-corrected chi connectivity index (χ4v) is 3.27. The number of nitrogens with zero attached hydrogens (tertiary/aromatic N) is 3. The van der Waals surface area contributed by atoms with Crippen LogP contribution >= 0.6 is 11.8 Å². The molecule has 1 heterocycles. The fraction of sp³-hybridized carbons (Fsp3) is 0.211. The third-order valence-electron chi connectivity index (χ3n) is 4.05. The first-order chi connectivity index (χ1) is 12.8. The highest BCUT2D eigenvalue weighted by Gasteiger charge is 2.20. The largest absolute Gasteiger partial charge is 0.335 e. The van der Waals surface area contributed by atoms with E-state index in [0.29, 0.717) is 16.5 Å². The molecule has 1 aromatic heterocycles. The number of thioether (sulfide) groups is 1. The molecular formula is C19H20FN5OS. The summed E-state index contributed by atoms with van der Waals surface area (Å²) in [5.74, 6) is 5.83. The number of carbonyl (C=O) groups is 1. The third-order valence-corrected chi connectivity index (χ3v) is 5.11. The predicted octanol–water partition coefficient (Wildman–Crippen LogP) is 3.53. The molecule has 0 radical (unpaired) electrons. The van der Waals surface area contributed by atoms with E-state index in [-0.39, 0.29) is 11.7 Å². The van der Waals surface area contributed by atoms with Crippen molar-refractivity contribution >= 4 is 23.4 Å². The molecule has 0 fully saturated rings. The summed E-state index contributed by atoms with van der Waals surface area (Å²) < 4.78 is 14.7. The summed E-state index contributed by atoms with van der Waals surface area (Å²) in [6.45, 7) is 5.68. The van der Waals surface area contributed by atoms with Crippen LogP contribution in [0.15, 0.2) is 47.6 Å². The molecule has 3 N–H and O–H groups in total. The van der Waals surface area contributed by atoms with Crippen LogP contribution in [0.2, 0.25) is 0 Å². The number of aromatic nitrogens is 3. The average molecular weight is 385 g/mol. The van der Waals surface area contributed by atoms with Gasteiger partial charge in [-0.2, -0.15) is 0 Å². The number of benzene rings is 2. The van der Waals surface area contributed by atoms with Crippen LogP contribution in [0.5, 0.6) is 0 Å². The van der Waals surface area contributed by atoms with E-state index >= 15 is 0 Å². The average Bonchev–Trinajstić information content (AvgIpc) is 2.98. The van der Waals surface area contributed by atoms with Gasteiger partial charge >= 0.3 is 0 Å². The zero-order valence-corrected chi connectivity index (χ0v) is 16.0. The smallest absolute Gasteiger partial charge is 0.237 e. The zero-order valence-electron chi connectivity index (χ0n) is 15.2. The Hall–Kier alpha value is -2.87. The minimum Gasteiger partial charge on any atom is -0.335 e. The number of rotatable bonds is 5. The Morgan fingerprint density at radius 3 is 2.74 bits per heavy atom. The van der Waals surface area contributed by atoms with Crippen LogP contribution in [0, 0.1) is 19.7 Å². The van der Waals surface area contributed by atoms with E-state index < -0.39 is 5.25 Å². The third kappa shape index (κ3) is 4.28. The summed E-state index contributed by atoms with van der Waals surface area (Å²) in [5.41, 5.74) is 3.35. The van der Waals surface area contributed by atoms with E-state index in [4.69, 9.17) is 5.84 Å². The lowest BCUT2D eigenvalue weighted by Crippen LogP contribution is -2.24. The fourth-order valence-electron chi connectivity index (χ4n) is 2.50. The van der Waals surface area contributed by atoms with Gasteiger partial charge < -0.3 is 11.2 Å². The van der Waals surface area contributed by atoms with Crippen molar-refractivity contribution in [2.45, 2.75) is 31.2 Å². The molecule has 1 amide bonds. The summed E-state index contributed by atoms with van der Waals surface area (Å²) in [5, 5.41) is 10.9. The van der Waals surface area contributed by atoms with Crippen LogP contribution in [0.3, 0.4) is 0 Å². The number of halogens is 1. The van der Waals surface area contributed by atoms with Gasteiger partial charge in [0.15, 0.2) is 5.82 Å². The van der Waals surface area contributed by atoms with Crippen molar-refractivity contribution in [1.29, 1.82) is 0 Å². The maximum absolute atomic E-state index is 13.4. The van der Waals surface area contributed by atoms with Gasteiger partial charge in [-0.3, -0.25) is 4.79 Å². The first-order valence-corrected chi connectivity index (χ1v) is 9.24. The van der Waals surface area contributed by atoms with Gasteiger partial charge in [0.2, 0.25) is 11.1 Å². The molecule has 8 heteroatoms. The quantitative estimate of drug-likeness (QED) is 0.518. The number of nitrogens with one attached hydrogen (secondary N) is 1. The van der Waals surface area contributed by atoms with E-state index in [0.717, 1.165) is 16.8 Å². The number of carbonyl (C=O) groups excluding carboxylic acids is 1. The van der Waals surface area contributed by atoms with Crippen molar-refractivity contribution in [3.05, 3.63) is 59.4 Å². The van der Waals surface area contributed by atoms with Gasteiger partial charge in [-0.25, -0.2) is 9.07 Å². The number of hydrogen-bond donors (Lipinski definition) is 2. The number of hydrogen-bond acceptors (Lipinski definition) is 5. The molecule has 0 aliphatic carbocycles. The molecule has 0 spiro atoms. The minimum absolute atomic E-state index is 0.163. The Kier molecular flexibility index (Phi) is 5.46. The molecule has 6 nitrogen and oxygen atoms in total. The Morgan fingerprint density at radius 1 is 1.22 bits per heavy atom. The van der Waals surface area contributed by atoms with E-state index in [1.807, 2.05) is 32.0 Å². The molecular weight excluding hydrogens is 365 g/mol. The molecule has 0 bridgehead atoms. The van der Waals surface area contributed by atoms with Crippen LogP contribution < -0.4 is 11.2 Å². The van der Waals surface area contributed by atoms with Gasteiger partial charge in [-0.1, -0.05) is 36.0 Å². The number of nitrogens with two attached hydrogens (primary N) is 1. The molecule has 0 unspecified atom stereocenters. The second-order valence-electron chi connectivity index (χ2n) is 6.25. The maximum Gasteiger partial charge on any atom is 0.237 e. The van der Waals surface area contributed by atoms with Crippen molar-refractivity contribution in [3.63, 3.8) is 0 Å². The van der Waals surface area contributed by atoms with Crippen LogP contribution in [-0.2, 0) is 4.79 Å². The van der Waals surface area contributed by atoms with Gasteiger partial charge in [0.1, 0.15) is 5.82 Å². The highest BCUT2D eigenvalue weighted by molar-refractivity contribution is 8.00. The molecule has 1 atom stereocenters. The Balaban J connectivity index is 1.73. The summed E-state index contributed by atoms with van der Waals surface area (Å²) in [6.07, 6.45) is 0. The van der Waals surface area contributed by atoms with Crippen LogP contribution in [0.4, 0.5) is 10.1 Å². The summed E-state index contributed by atoms with van der Waals surface area (Å²) >= 11 is 1.19. The molecule has 2 aromatic carbocycles. The number of anilines is 1. The lowest BCUT2D eigenvalue weighted by atomic mass is 10.1. The lowest BCUT2D eigenvalue weighted by Gasteiger charge is -2.13. The van der Waals surface area contributed by atoms with Gasteiger partial charge in [0.05, 0.1) is 5.25 Å². The zero-order chi connectivity index (χ0) is 19.6. The van der Waals surface area contributed by atoms with Crippen molar-refractivity contribution in [2.75, 3.05) is 11.2 Å². The minimum atomic E-state index is -0.447. The standard InChI is InChI=1S/C19H20FN5OS/c1-11-7-8-12(2)16(9-11)22-18(26)13(3)27-19-24-23-17(25(19)21)14-5-4-6-15(20)10-14/h4-10,13H,21H2,1-3H3,(H,22,26)/t13-/m1/s1. The highest BCUT2D eigenvalue weighted by Crippen LogP contribution is 2.26. The Labute approximate surface area is 161 Å². The molecule has 3 aromatic rings. The summed E-state index contributed by atoms with van der Waals surface area (Å²) in [6, 6.07) is 11.8. The molecule has 0 aliphatic rings. The van der Waals surface area contributed by atoms with E-state index in [1.54, 1.807) is 19.1 Å². The monoisotopic (exact) mass is 385 g/mol. The number of amides is 1. The normalized spacial score (nSPS) is 12.0. The van der Waals surface area contributed by atoms with Crippen molar-refractivity contribution in [2.24, 2.45) is 0 Å². The molecule has 0 saturated carbocycles. The molecule has 0 aliphatic heterocycles. The number of nitrogen functional groups attached to an aromatic ring is 1. The Bertz CT molecular complexity index is 988. The molecule has 140 valence electrons. The van der Waals surface area contributed by atoms with Gasteiger partial charge in [-0.05, 0) is 50.1 Å². The van der Waals surface area contributed by atoms with E-state index in [9.17, 15) is 9.18 Å². The lowest BCUT2D eigenvalue weighted by molar-refractivity contribution is -0.115. The van der Waals surface area contributed by atoms with E-state index in [2.05, 4.69) is 15.5 Å². The van der Waals surface area contributed by atoms with Gasteiger partial charge in [0.25, 0.3) is 0 Å². The van der Waals surface area contributed by atoms with Crippen molar-refractivity contribution < 1.29 is 9.18 Å². The second kappa shape index (κ2) is 7.79. The van der Waals surface area contributed by atoms with Crippen molar-refractivity contribution in [1.82, 2.24) is 14.9 Å². The maximum atomic E-state index is 13.4.